The van der Waals surface area contributed by atoms with E-state index in [0.717, 1.165) is 18.6 Å². The van der Waals surface area contributed by atoms with E-state index >= 15 is 0 Å². The molecule has 2 saturated heterocycles. The molecule has 2 heteroatoms. The van der Waals surface area contributed by atoms with Gasteiger partial charge in [-0.15, -0.1) is 0 Å². The molecule has 0 bridgehead atoms. The Morgan fingerprint density at radius 1 is 1.38 bits per heavy atom. The number of hydrogen-bond acceptors (Lipinski definition) is 2. The van der Waals surface area contributed by atoms with Crippen LogP contribution in [-0.4, -0.2) is 36.7 Å². The topological polar surface area (TPSA) is 15.8 Å². The Labute approximate surface area is 81.3 Å². The van der Waals surface area contributed by atoms with Gasteiger partial charge in [0.25, 0.3) is 0 Å². The van der Waals surface area contributed by atoms with Crippen molar-refractivity contribution in [1.29, 1.82) is 0 Å². The number of piperidine rings is 1. The first-order chi connectivity index (χ1) is 6.29. The molecule has 0 aromatic heterocycles. The molecular weight excluding hydrogens is 162 g/mol. The molecule has 0 aliphatic carbocycles. The molecule has 0 radical (unpaired) electrons. The largest absolute Gasteiger partial charge is 0.372 e. The van der Waals surface area contributed by atoms with Crippen molar-refractivity contribution in [3.8, 4) is 0 Å². The molecule has 0 aromatic rings. The maximum absolute atomic E-state index is 5.29. The van der Waals surface area contributed by atoms with Gasteiger partial charge in [0, 0.05) is 19.1 Å². The normalized spacial score (nSPS) is 40.6. The van der Waals surface area contributed by atoms with Crippen LogP contribution in [-0.2, 0) is 4.74 Å². The zero-order chi connectivity index (χ0) is 9.26. The molecule has 2 fully saturated rings. The van der Waals surface area contributed by atoms with Gasteiger partial charge in [-0.25, -0.2) is 0 Å². The maximum atomic E-state index is 5.29. The fourth-order valence-corrected chi connectivity index (χ4v) is 2.29. The molecule has 0 aromatic carbocycles. The van der Waals surface area contributed by atoms with E-state index in [2.05, 4.69) is 18.7 Å². The van der Waals surface area contributed by atoms with Crippen LogP contribution in [0.4, 0.5) is 0 Å². The first-order valence-electron chi connectivity index (χ1n) is 5.65. The van der Waals surface area contributed by atoms with Gasteiger partial charge >= 0.3 is 0 Å². The highest BCUT2D eigenvalue weighted by molar-refractivity contribution is 4.83. The average Bonchev–Trinajstić information content (AvgIpc) is 2.93. The fourth-order valence-electron chi connectivity index (χ4n) is 2.29. The van der Waals surface area contributed by atoms with Gasteiger partial charge in [-0.05, 0) is 25.7 Å². The summed E-state index contributed by atoms with van der Waals surface area (Å²) in [4.78, 5) is 2.62. The van der Waals surface area contributed by atoms with E-state index in [-0.39, 0.29) is 0 Å². The van der Waals surface area contributed by atoms with Crippen molar-refractivity contribution >= 4 is 0 Å². The van der Waals surface area contributed by atoms with Crippen LogP contribution in [0.5, 0.6) is 0 Å². The number of ether oxygens (including phenoxy) is 1. The number of rotatable bonds is 3. The number of hydrogen-bond donors (Lipinski definition) is 0. The highest BCUT2D eigenvalue weighted by Crippen LogP contribution is 2.25. The summed E-state index contributed by atoms with van der Waals surface area (Å²) in [6.07, 6.45) is 4.72. The predicted octanol–water partition coefficient (Wildman–Crippen LogP) is 1.90. The summed E-state index contributed by atoms with van der Waals surface area (Å²) in [5.74, 6) is 0.940. The van der Waals surface area contributed by atoms with Crippen LogP contribution >= 0.6 is 0 Å². The summed E-state index contributed by atoms with van der Waals surface area (Å²) in [6.45, 7) is 8.15. The minimum Gasteiger partial charge on any atom is -0.372 e. The van der Waals surface area contributed by atoms with Crippen molar-refractivity contribution in [2.45, 2.75) is 45.3 Å². The summed E-state index contributed by atoms with van der Waals surface area (Å²) < 4.78 is 5.29. The molecule has 0 amide bonds. The summed E-state index contributed by atoms with van der Waals surface area (Å²) >= 11 is 0. The Bertz CT molecular complexity index is 167. The average molecular weight is 183 g/mol. The van der Waals surface area contributed by atoms with Crippen LogP contribution in [0, 0.1) is 5.92 Å². The van der Waals surface area contributed by atoms with E-state index in [0.29, 0.717) is 6.10 Å². The monoisotopic (exact) mass is 183 g/mol. The molecule has 13 heavy (non-hydrogen) atoms. The highest BCUT2D eigenvalue weighted by atomic mass is 16.6. The molecule has 0 N–H and O–H groups in total. The molecule has 2 aliphatic rings. The van der Waals surface area contributed by atoms with E-state index in [4.69, 9.17) is 4.74 Å². The van der Waals surface area contributed by atoms with E-state index < -0.39 is 0 Å². The second-order valence-corrected chi connectivity index (χ2v) is 4.61. The van der Waals surface area contributed by atoms with Gasteiger partial charge in [0.15, 0.2) is 0 Å². The van der Waals surface area contributed by atoms with Crippen LogP contribution in [0.25, 0.3) is 0 Å². The Kier molecular flexibility index (Phi) is 2.89. The second kappa shape index (κ2) is 3.97. The molecule has 0 saturated carbocycles. The number of epoxide rings is 1. The quantitative estimate of drug-likeness (QED) is 0.621. The van der Waals surface area contributed by atoms with Crippen molar-refractivity contribution in [3.05, 3.63) is 0 Å². The lowest BCUT2D eigenvalue weighted by Gasteiger charge is -2.37. The minimum atomic E-state index is 0.568. The molecule has 2 aliphatic heterocycles. The minimum absolute atomic E-state index is 0.568. The van der Waals surface area contributed by atoms with Crippen molar-refractivity contribution in [1.82, 2.24) is 4.90 Å². The third kappa shape index (κ3) is 2.44. The first kappa shape index (κ1) is 9.47. The lowest BCUT2D eigenvalue weighted by atomic mass is 9.91. The lowest BCUT2D eigenvalue weighted by Crippen LogP contribution is -2.43. The second-order valence-electron chi connectivity index (χ2n) is 4.61. The van der Waals surface area contributed by atoms with E-state index in [1.54, 1.807) is 0 Å². The molecular formula is C11H21NO. The van der Waals surface area contributed by atoms with Gasteiger partial charge in [0.2, 0.25) is 0 Å². The molecule has 3 atom stereocenters. The Balaban J connectivity index is 1.82. The number of likely N-dealkylation sites (tertiary alicyclic amines) is 1. The van der Waals surface area contributed by atoms with Gasteiger partial charge in [0.1, 0.15) is 0 Å². The van der Waals surface area contributed by atoms with Crippen LogP contribution < -0.4 is 0 Å². The van der Waals surface area contributed by atoms with Gasteiger partial charge < -0.3 is 4.74 Å². The van der Waals surface area contributed by atoms with Crippen molar-refractivity contribution in [3.63, 3.8) is 0 Å². The zero-order valence-electron chi connectivity index (χ0n) is 8.83. The summed E-state index contributed by atoms with van der Waals surface area (Å²) in [6, 6.07) is 0.784. The highest BCUT2D eigenvalue weighted by Gasteiger charge is 2.31. The molecule has 2 heterocycles. The molecule has 0 spiro atoms. The maximum Gasteiger partial charge on any atom is 0.0936 e. The van der Waals surface area contributed by atoms with Crippen molar-refractivity contribution in [2.75, 3.05) is 19.7 Å². The number of nitrogens with zero attached hydrogens (tertiary/aromatic N) is 1. The zero-order valence-corrected chi connectivity index (χ0v) is 8.83. The fraction of sp³-hybridized carbons (Fsp3) is 1.00. The molecule has 76 valence electrons. The van der Waals surface area contributed by atoms with Crippen LogP contribution in [0.15, 0.2) is 0 Å². The predicted molar refractivity (Wildman–Crippen MR) is 53.8 cm³/mol. The summed E-state index contributed by atoms with van der Waals surface area (Å²) in [5, 5.41) is 0. The summed E-state index contributed by atoms with van der Waals surface area (Å²) in [7, 11) is 0. The first-order valence-corrected chi connectivity index (χ1v) is 5.65. The van der Waals surface area contributed by atoms with E-state index in [9.17, 15) is 0 Å². The van der Waals surface area contributed by atoms with Crippen molar-refractivity contribution in [2.24, 2.45) is 5.92 Å². The molecule has 2 rings (SSSR count). The Morgan fingerprint density at radius 3 is 2.77 bits per heavy atom. The SMILES string of the molecule is CC[C@@H]1CC[C@@H](C)N(CC2CO2)C1. The molecule has 1 unspecified atom stereocenters. The third-order valence-corrected chi connectivity index (χ3v) is 3.53. The lowest BCUT2D eigenvalue weighted by molar-refractivity contribution is 0.107. The Hall–Kier alpha value is -0.0800. The van der Waals surface area contributed by atoms with Crippen LogP contribution in [0.1, 0.15) is 33.1 Å². The van der Waals surface area contributed by atoms with Crippen LogP contribution in [0.2, 0.25) is 0 Å². The molecule has 2 nitrogen and oxygen atoms in total. The van der Waals surface area contributed by atoms with Crippen LogP contribution in [0.3, 0.4) is 0 Å². The van der Waals surface area contributed by atoms with E-state index in [1.165, 1.54) is 32.4 Å². The smallest absolute Gasteiger partial charge is 0.0936 e. The van der Waals surface area contributed by atoms with Crippen molar-refractivity contribution < 1.29 is 4.74 Å². The standard InChI is InChI=1S/C11H21NO/c1-3-10-5-4-9(2)12(6-10)7-11-8-13-11/h9-11H,3-8H2,1-2H3/t9-,10-,11?/m1/s1. The van der Waals surface area contributed by atoms with Gasteiger partial charge in [0.05, 0.1) is 12.7 Å². The summed E-state index contributed by atoms with van der Waals surface area (Å²) in [5.41, 5.74) is 0. The van der Waals surface area contributed by atoms with Gasteiger partial charge in [-0.2, -0.15) is 0 Å². The Morgan fingerprint density at radius 2 is 2.15 bits per heavy atom. The third-order valence-electron chi connectivity index (χ3n) is 3.53. The van der Waals surface area contributed by atoms with E-state index in [1.807, 2.05) is 0 Å². The van der Waals surface area contributed by atoms with Gasteiger partial charge in [-0.3, -0.25) is 4.90 Å². The van der Waals surface area contributed by atoms with Gasteiger partial charge in [-0.1, -0.05) is 13.3 Å².